The number of hydrogen-bond acceptors (Lipinski definition) is 3. The maximum absolute atomic E-state index is 12.9. The Morgan fingerprint density at radius 2 is 2.25 bits per heavy atom. The molecule has 0 saturated carbocycles. The Bertz CT molecular complexity index is 512. The van der Waals surface area contributed by atoms with Crippen LogP contribution in [0.2, 0.25) is 5.02 Å². The standard InChI is InChI=1S/C11H9ClFNOS/c1-6(15)11-14-10(5-16-11)8-3-2-7(13)4-9(8)12/h2-6,15H,1H3. The Labute approximate surface area is 101 Å². The Morgan fingerprint density at radius 3 is 2.81 bits per heavy atom. The van der Waals surface area contributed by atoms with E-state index in [1.165, 1.54) is 23.5 Å². The molecule has 1 aromatic heterocycles. The minimum absolute atomic E-state index is 0.322. The zero-order valence-corrected chi connectivity index (χ0v) is 10.0. The van der Waals surface area contributed by atoms with Gasteiger partial charge in [-0.3, -0.25) is 0 Å². The van der Waals surface area contributed by atoms with Crippen molar-refractivity contribution in [3.63, 3.8) is 0 Å². The van der Waals surface area contributed by atoms with Gasteiger partial charge >= 0.3 is 0 Å². The van der Waals surface area contributed by atoms with E-state index in [0.29, 0.717) is 21.3 Å². The molecule has 1 atom stereocenters. The highest BCUT2D eigenvalue weighted by Gasteiger charge is 2.11. The van der Waals surface area contributed by atoms with E-state index in [1.54, 1.807) is 18.4 Å². The van der Waals surface area contributed by atoms with E-state index in [4.69, 9.17) is 11.6 Å². The summed E-state index contributed by atoms with van der Waals surface area (Å²) < 4.78 is 12.9. The zero-order chi connectivity index (χ0) is 11.7. The zero-order valence-electron chi connectivity index (χ0n) is 8.45. The number of rotatable bonds is 2. The van der Waals surface area contributed by atoms with Crippen LogP contribution in [0.4, 0.5) is 4.39 Å². The molecule has 1 heterocycles. The van der Waals surface area contributed by atoms with E-state index in [9.17, 15) is 9.50 Å². The summed E-state index contributed by atoms with van der Waals surface area (Å²) in [6.45, 7) is 1.65. The molecule has 1 N–H and O–H groups in total. The first-order valence-corrected chi connectivity index (χ1v) is 5.92. The normalized spacial score (nSPS) is 12.8. The predicted octanol–water partition coefficient (Wildman–Crippen LogP) is 3.66. The average Bonchev–Trinajstić information content (AvgIpc) is 2.66. The maximum atomic E-state index is 12.9. The number of halogens is 2. The third kappa shape index (κ3) is 2.24. The van der Waals surface area contributed by atoms with E-state index >= 15 is 0 Å². The first-order valence-electron chi connectivity index (χ1n) is 4.67. The van der Waals surface area contributed by atoms with Crippen LogP contribution in [0.15, 0.2) is 23.6 Å². The van der Waals surface area contributed by atoms with E-state index in [-0.39, 0.29) is 5.82 Å². The van der Waals surface area contributed by atoms with Crippen molar-refractivity contribution in [2.45, 2.75) is 13.0 Å². The summed E-state index contributed by atoms with van der Waals surface area (Å²) in [6.07, 6.45) is -0.599. The lowest BCUT2D eigenvalue weighted by Gasteiger charge is -2.00. The molecule has 0 radical (unpaired) electrons. The Kier molecular flexibility index (Phi) is 3.23. The average molecular weight is 258 g/mol. The fraction of sp³-hybridized carbons (Fsp3) is 0.182. The number of thiazole rings is 1. The lowest BCUT2D eigenvalue weighted by molar-refractivity contribution is 0.199. The van der Waals surface area contributed by atoms with Crippen molar-refractivity contribution < 1.29 is 9.50 Å². The number of aromatic nitrogens is 1. The van der Waals surface area contributed by atoms with Crippen LogP contribution >= 0.6 is 22.9 Å². The highest BCUT2D eigenvalue weighted by Crippen LogP contribution is 2.30. The van der Waals surface area contributed by atoms with Gasteiger partial charge in [0.15, 0.2) is 0 Å². The van der Waals surface area contributed by atoms with Gasteiger partial charge in [0.25, 0.3) is 0 Å². The Balaban J connectivity index is 2.42. The van der Waals surface area contributed by atoms with Gasteiger partial charge in [-0.05, 0) is 25.1 Å². The molecule has 0 aliphatic carbocycles. The lowest BCUT2D eigenvalue weighted by atomic mass is 10.2. The van der Waals surface area contributed by atoms with Crippen molar-refractivity contribution in [3.05, 3.63) is 39.4 Å². The van der Waals surface area contributed by atoms with Crippen molar-refractivity contribution >= 4 is 22.9 Å². The summed E-state index contributed by atoms with van der Waals surface area (Å²) in [4.78, 5) is 4.23. The first kappa shape index (κ1) is 11.5. The smallest absolute Gasteiger partial charge is 0.124 e. The largest absolute Gasteiger partial charge is 0.386 e. The molecule has 0 saturated heterocycles. The molecule has 1 aromatic carbocycles. The van der Waals surface area contributed by atoms with Crippen LogP contribution in [0.3, 0.4) is 0 Å². The molecule has 2 aromatic rings. The maximum Gasteiger partial charge on any atom is 0.124 e. The Morgan fingerprint density at radius 1 is 1.50 bits per heavy atom. The van der Waals surface area contributed by atoms with Gasteiger partial charge in [-0.15, -0.1) is 11.3 Å². The van der Waals surface area contributed by atoms with E-state index < -0.39 is 6.10 Å². The highest BCUT2D eigenvalue weighted by atomic mass is 35.5. The molecule has 0 amide bonds. The summed E-state index contributed by atoms with van der Waals surface area (Å²) in [7, 11) is 0. The summed E-state index contributed by atoms with van der Waals surface area (Å²) in [5.74, 6) is -0.375. The third-order valence-electron chi connectivity index (χ3n) is 2.09. The third-order valence-corrected chi connectivity index (χ3v) is 3.41. The van der Waals surface area contributed by atoms with Gasteiger partial charge in [0.2, 0.25) is 0 Å². The van der Waals surface area contributed by atoms with Crippen LogP contribution in [0.5, 0.6) is 0 Å². The highest BCUT2D eigenvalue weighted by molar-refractivity contribution is 7.10. The van der Waals surface area contributed by atoms with E-state index in [2.05, 4.69) is 4.98 Å². The van der Waals surface area contributed by atoms with Crippen molar-refractivity contribution in [2.75, 3.05) is 0 Å². The monoisotopic (exact) mass is 257 g/mol. The van der Waals surface area contributed by atoms with Crippen LogP contribution in [0.1, 0.15) is 18.0 Å². The van der Waals surface area contributed by atoms with Crippen molar-refractivity contribution in [1.82, 2.24) is 4.98 Å². The number of hydrogen-bond donors (Lipinski definition) is 1. The number of nitrogens with zero attached hydrogens (tertiary/aromatic N) is 1. The van der Waals surface area contributed by atoms with Crippen LogP contribution in [-0.2, 0) is 0 Å². The first-order chi connectivity index (χ1) is 7.58. The van der Waals surface area contributed by atoms with E-state index in [1.807, 2.05) is 0 Å². The second-order valence-corrected chi connectivity index (χ2v) is 4.67. The SMILES string of the molecule is CC(O)c1nc(-c2ccc(F)cc2Cl)cs1. The minimum Gasteiger partial charge on any atom is -0.386 e. The molecule has 1 unspecified atom stereocenters. The minimum atomic E-state index is -0.599. The van der Waals surface area contributed by atoms with Crippen molar-refractivity contribution in [3.8, 4) is 11.3 Å². The van der Waals surface area contributed by atoms with Gasteiger partial charge in [-0.2, -0.15) is 0 Å². The van der Waals surface area contributed by atoms with Gasteiger partial charge in [-0.25, -0.2) is 9.37 Å². The quantitative estimate of drug-likeness (QED) is 0.891. The summed E-state index contributed by atoms with van der Waals surface area (Å²) in [5.41, 5.74) is 1.33. The van der Waals surface area contributed by atoms with Gasteiger partial charge in [0.05, 0.1) is 10.7 Å². The molecule has 0 spiro atoms. The molecular formula is C11H9ClFNOS. The number of aliphatic hydroxyl groups excluding tert-OH is 1. The van der Waals surface area contributed by atoms with Crippen LogP contribution in [0.25, 0.3) is 11.3 Å². The lowest BCUT2D eigenvalue weighted by Crippen LogP contribution is -1.89. The fourth-order valence-electron chi connectivity index (χ4n) is 1.30. The molecule has 0 fully saturated rings. The molecule has 2 rings (SSSR count). The fourth-order valence-corrected chi connectivity index (χ4v) is 2.32. The molecular weight excluding hydrogens is 249 g/mol. The van der Waals surface area contributed by atoms with Gasteiger partial charge in [0.1, 0.15) is 16.9 Å². The molecule has 5 heteroatoms. The van der Waals surface area contributed by atoms with Crippen LogP contribution in [0, 0.1) is 5.82 Å². The number of aliphatic hydroxyl groups is 1. The van der Waals surface area contributed by atoms with Crippen molar-refractivity contribution in [1.29, 1.82) is 0 Å². The topological polar surface area (TPSA) is 33.1 Å². The molecule has 0 aliphatic heterocycles. The predicted molar refractivity (Wildman–Crippen MR) is 63.2 cm³/mol. The Hall–Kier alpha value is -0.970. The van der Waals surface area contributed by atoms with Crippen LogP contribution in [-0.4, -0.2) is 10.1 Å². The second-order valence-electron chi connectivity index (χ2n) is 3.37. The van der Waals surface area contributed by atoms with Gasteiger partial charge in [0, 0.05) is 10.9 Å². The van der Waals surface area contributed by atoms with Crippen LogP contribution < -0.4 is 0 Å². The van der Waals surface area contributed by atoms with E-state index in [0.717, 1.165) is 0 Å². The molecule has 0 aliphatic rings. The number of benzene rings is 1. The molecule has 0 bridgehead atoms. The van der Waals surface area contributed by atoms with Crippen molar-refractivity contribution in [2.24, 2.45) is 0 Å². The summed E-state index contributed by atoms with van der Waals surface area (Å²) >= 11 is 7.27. The molecule has 84 valence electrons. The molecule has 16 heavy (non-hydrogen) atoms. The summed E-state index contributed by atoms with van der Waals surface area (Å²) in [6, 6.07) is 4.17. The second kappa shape index (κ2) is 4.49. The summed E-state index contributed by atoms with van der Waals surface area (Å²) in [5, 5.41) is 12.1. The van der Waals surface area contributed by atoms with Gasteiger partial charge < -0.3 is 5.11 Å². The van der Waals surface area contributed by atoms with Gasteiger partial charge in [-0.1, -0.05) is 11.6 Å². The molecule has 2 nitrogen and oxygen atoms in total.